The first-order valence-electron chi connectivity index (χ1n) is 13.6. The molecule has 0 unspecified atom stereocenters. The normalized spacial score (nSPS) is 23.6. The van der Waals surface area contributed by atoms with Crippen LogP contribution in [-0.4, -0.2) is 63.8 Å². The third kappa shape index (κ3) is 4.96. The van der Waals surface area contributed by atoms with E-state index in [-0.39, 0.29) is 24.0 Å². The Morgan fingerprint density at radius 2 is 2.00 bits per heavy atom. The summed E-state index contributed by atoms with van der Waals surface area (Å²) in [5.74, 6) is 0.666. The van der Waals surface area contributed by atoms with E-state index in [0.29, 0.717) is 49.7 Å². The van der Waals surface area contributed by atoms with Gasteiger partial charge in [-0.2, -0.15) is 13.2 Å². The minimum atomic E-state index is -4.64. The summed E-state index contributed by atoms with van der Waals surface area (Å²) in [6, 6.07) is 8.27. The van der Waals surface area contributed by atoms with Crippen LogP contribution in [0, 0.1) is 16.7 Å². The van der Waals surface area contributed by atoms with E-state index >= 15 is 0 Å². The van der Waals surface area contributed by atoms with Crippen LogP contribution in [0.1, 0.15) is 49.8 Å². The SMILES string of the molecule is CC[C@@H]1CN(Cc2cc(C(F)(F)F)c3cn(-c4cccc(C5(C(=N)N(C)C=N)CC(C)C5)c4)c(=O)n3c2)CCO1. The summed E-state index contributed by atoms with van der Waals surface area (Å²) in [4.78, 5) is 17.1. The molecule has 2 N–H and O–H groups in total. The number of hydrogen-bond donors (Lipinski definition) is 2. The van der Waals surface area contributed by atoms with Crippen LogP contribution in [-0.2, 0) is 22.9 Å². The number of halogens is 3. The Hall–Kier alpha value is -3.44. The molecule has 2 aromatic heterocycles. The molecule has 0 amide bonds. The number of imidazole rings is 1. The zero-order valence-corrected chi connectivity index (χ0v) is 23.0. The summed E-state index contributed by atoms with van der Waals surface area (Å²) in [5, 5.41) is 16.3. The molecule has 8 nitrogen and oxygen atoms in total. The molecule has 40 heavy (non-hydrogen) atoms. The first-order valence-corrected chi connectivity index (χ1v) is 13.6. The summed E-state index contributed by atoms with van der Waals surface area (Å²) in [6.45, 7) is 6.16. The third-order valence-corrected chi connectivity index (χ3v) is 8.28. The average Bonchev–Trinajstić information content (AvgIpc) is 3.25. The van der Waals surface area contributed by atoms with Gasteiger partial charge in [-0.15, -0.1) is 0 Å². The molecule has 11 heteroatoms. The predicted molar refractivity (Wildman–Crippen MR) is 148 cm³/mol. The van der Waals surface area contributed by atoms with Crippen molar-refractivity contribution in [3.63, 3.8) is 0 Å². The van der Waals surface area contributed by atoms with Gasteiger partial charge >= 0.3 is 11.9 Å². The van der Waals surface area contributed by atoms with Crippen LogP contribution in [0.15, 0.2) is 47.5 Å². The lowest BCUT2D eigenvalue weighted by Crippen LogP contribution is -2.52. The molecule has 2 fully saturated rings. The maximum absolute atomic E-state index is 14.2. The summed E-state index contributed by atoms with van der Waals surface area (Å²) in [6.07, 6.45) is 1.49. The van der Waals surface area contributed by atoms with Gasteiger partial charge in [0.15, 0.2) is 0 Å². The number of likely N-dealkylation sites (N-methyl/N-ethyl adjacent to an activating group) is 1. The van der Waals surface area contributed by atoms with Gasteiger partial charge in [-0.3, -0.25) is 24.7 Å². The Balaban J connectivity index is 1.57. The molecule has 214 valence electrons. The lowest BCUT2D eigenvalue weighted by Gasteiger charge is -2.48. The van der Waals surface area contributed by atoms with Crippen molar-refractivity contribution in [1.82, 2.24) is 18.8 Å². The number of morpholine rings is 1. The maximum atomic E-state index is 14.2. The van der Waals surface area contributed by atoms with Crippen molar-refractivity contribution in [3.8, 4) is 5.69 Å². The zero-order chi connectivity index (χ0) is 28.8. The number of alkyl halides is 3. The van der Waals surface area contributed by atoms with E-state index < -0.39 is 22.8 Å². The van der Waals surface area contributed by atoms with E-state index in [1.807, 2.05) is 13.0 Å². The molecule has 0 bridgehead atoms. The van der Waals surface area contributed by atoms with Crippen LogP contribution in [0.25, 0.3) is 11.2 Å². The van der Waals surface area contributed by atoms with Gasteiger partial charge in [0.1, 0.15) is 5.84 Å². The van der Waals surface area contributed by atoms with E-state index in [1.165, 1.54) is 21.9 Å². The topological polar surface area (TPSA) is 89.8 Å². The smallest absolute Gasteiger partial charge is 0.376 e. The number of benzene rings is 1. The summed E-state index contributed by atoms with van der Waals surface area (Å²) < 4.78 is 50.8. The van der Waals surface area contributed by atoms with Crippen LogP contribution in [0.5, 0.6) is 0 Å². The zero-order valence-electron chi connectivity index (χ0n) is 23.0. The molecule has 2 aliphatic rings. The Kier molecular flexibility index (Phi) is 7.39. The molecule has 1 aliphatic carbocycles. The number of pyridine rings is 1. The first kappa shape index (κ1) is 28.1. The van der Waals surface area contributed by atoms with Crippen LogP contribution in [0.2, 0.25) is 0 Å². The predicted octanol–water partition coefficient (Wildman–Crippen LogP) is 4.90. The molecule has 1 atom stereocenters. The molecule has 0 radical (unpaired) electrons. The van der Waals surface area contributed by atoms with E-state index in [2.05, 4.69) is 11.8 Å². The van der Waals surface area contributed by atoms with Crippen LogP contribution in [0.3, 0.4) is 0 Å². The second kappa shape index (κ2) is 10.5. The number of nitrogens with one attached hydrogen (secondary N) is 2. The molecule has 5 rings (SSSR count). The summed E-state index contributed by atoms with van der Waals surface area (Å²) in [5.41, 5.74) is -0.614. The van der Waals surface area contributed by atoms with Crippen molar-refractivity contribution in [1.29, 1.82) is 10.8 Å². The number of hydrogen-bond acceptors (Lipinski definition) is 5. The number of amidine groups is 1. The van der Waals surface area contributed by atoms with Gasteiger partial charge in [0.2, 0.25) is 0 Å². The number of aromatic nitrogens is 2. The molecule has 1 aliphatic heterocycles. The van der Waals surface area contributed by atoms with Crippen molar-refractivity contribution >= 4 is 17.7 Å². The standard InChI is InChI=1S/C29H35F3N6O2/c1-4-23-16-36(8-9-40-23)14-20-10-24(29(30,31)32)25-17-37(27(39)38(25)15-20)22-7-5-6-21(11-22)28(12-19(2)13-28)26(34)35(3)18-33/h5-7,10-11,15,17-19,23,33-34H,4,8-9,12-14,16H2,1-3H3/t19?,23-,28?/m1/s1. The van der Waals surface area contributed by atoms with E-state index in [4.69, 9.17) is 15.6 Å². The average molecular weight is 557 g/mol. The van der Waals surface area contributed by atoms with Crippen molar-refractivity contribution in [2.24, 2.45) is 5.92 Å². The highest BCUT2D eigenvalue weighted by Crippen LogP contribution is 2.49. The number of rotatable bonds is 7. The minimum Gasteiger partial charge on any atom is -0.376 e. The van der Waals surface area contributed by atoms with Crippen LogP contribution >= 0.6 is 0 Å². The van der Waals surface area contributed by atoms with Gasteiger partial charge < -0.3 is 9.64 Å². The van der Waals surface area contributed by atoms with Crippen LogP contribution in [0.4, 0.5) is 13.2 Å². The second-order valence-electron chi connectivity index (χ2n) is 11.2. The fraction of sp³-hybridized carbons (Fsp3) is 0.483. The number of nitrogens with zero attached hydrogens (tertiary/aromatic N) is 4. The Morgan fingerprint density at radius 1 is 1.25 bits per heavy atom. The summed E-state index contributed by atoms with van der Waals surface area (Å²) in [7, 11) is 1.66. The van der Waals surface area contributed by atoms with Gasteiger partial charge in [0.25, 0.3) is 0 Å². The second-order valence-corrected chi connectivity index (χ2v) is 11.2. The fourth-order valence-electron chi connectivity index (χ4n) is 6.22. The van der Waals surface area contributed by atoms with Crippen molar-refractivity contribution in [2.45, 2.75) is 57.3 Å². The molecule has 3 heterocycles. The lowest BCUT2D eigenvalue weighted by atomic mass is 9.58. The quantitative estimate of drug-likeness (QED) is 0.320. The molecule has 3 aromatic rings. The van der Waals surface area contributed by atoms with Crippen molar-refractivity contribution < 1.29 is 17.9 Å². The van der Waals surface area contributed by atoms with Gasteiger partial charge in [-0.05, 0) is 54.5 Å². The molecule has 0 spiro atoms. The Labute approximate surface area is 231 Å². The molecular formula is C29H35F3N6O2. The Morgan fingerprint density at radius 3 is 2.65 bits per heavy atom. The van der Waals surface area contributed by atoms with Gasteiger partial charge in [0, 0.05) is 39.1 Å². The van der Waals surface area contributed by atoms with E-state index in [0.717, 1.165) is 28.8 Å². The number of ether oxygens (including phenoxy) is 1. The Bertz CT molecular complexity index is 1490. The fourth-order valence-corrected chi connectivity index (χ4v) is 6.22. The monoisotopic (exact) mass is 556 g/mol. The van der Waals surface area contributed by atoms with Crippen LogP contribution < -0.4 is 5.69 Å². The highest BCUT2D eigenvalue weighted by Gasteiger charge is 2.48. The van der Waals surface area contributed by atoms with Gasteiger partial charge in [0.05, 0.1) is 41.2 Å². The molecule has 1 saturated carbocycles. The van der Waals surface area contributed by atoms with Gasteiger partial charge in [-0.1, -0.05) is 26.0 Å². The van der Waals surface area contributed by atoms with Crippen molar-refractivity contribution in [3.05, 3.63) is 69.9 Å². The largest absolute Gasteiger partial charge is 0.418 e. The first-order chi connectivity index (χ1) is 19.0. The number of fused-ring (bicyclic) bond motifs is 1. The van der Waals surface area contributed by atoms with Crippen molar-refractivity contribution in [2.75, 3.05) is 26.7 Å². The summed E-state index contributed by atoms with van der Waals surface area (Å²) >= 11 is 0. The highest BCUT2D eigenvalue weighted by atomic mass is 19.4. The maximum Gasteiger partial charge on any atom is 0.418 e. The van der Waals surface area contributed by atoms with E-state index in [1.54, 1.807) is 25.2 Å². The highest BCUT2D eigenvalue weighted by molar-refractivity contribution is 5.98. The molecular weight excluding hydrogens is 521 g/mol. The third-order valence-electron chi connectivity index (χ3n) is 8.28. The van der Waals surface area contributed by atoms with E-state index in [9.17, 15) is 18.0 Å². The molecule has 1 saturated heterocycles. The van der Waals surface area contributed by atoms with Gasteiger partial charge in [-0.25, -0.2) is 4.79 Å². The minimum absolute atomic E-state index is 0.0397. The lowest BCUT2D eigenvalue weighted by molar-refractivity contribution is -0.136. The molecule has 1 aromatic carbocycles.